The van der Waals surface area contributed by atoms with Crippen LogP contribution < -0.4 is 11.1 Å². The first kappa shape index (κ1) is 15.8. The van der Waals surface area contributed by atoms with Crippen molar-refractivity contribution in [3.63, 3.8) is 0 Å². The van der Waals surface area contributed by atoms with Gasteiger partial charge in [0.2, 0.25) is 5.91 Å². The van der Waals surface area contributed by atoms with Crippen LogP contribution in [0, 0.1) is 6.92 Å². The average molecular weight is 289 g/mol. The number of rotatable bonds is 5. The molecule has 116 valence electrons. The van der Waals surface area contributed by atoms with Crippen LogP contribution in [0.4, 0.5) is 11.4 Å². The van der Waals surface area contributed by atoms with Gasteiger partial charge in [-0.3, -0.25) is 9.69 Å². The summed E-state index contributed by atoms with van der Waals surface area (Å²) in [6.45, 7) is 6.19. The molecule has 1 aromatic carbocycles. The Morgan fingerprint density at radius 2 is 2.24 bits per heavy atom. The van der Waals surface area contributed by atoms with Gasteiger partial charge in [0.15, 0.2) is 0 Å². The second kappa shape index (κ2) is 7.46. The zero-order chi connectivity index (χ0) is 15.2. The fraction of sp³-hybridized carbons (Fsp3) is 0.588. The van der Waals surface area contributed by atoms with E-state index in [1.807, 2.05) is 25.1 Å². The SMILES string of the molecule is CCC1CCCCN1CCC(=O)Nc1ccc(N)cc1C. The highest BCUT2D eigenvalue weighted by molar-refractivity contribution is 5.91. The van der Waals surface area contributed by atoms with Gasteiger partial charge in [-0.2, -0.15) is 0 Å². The molecular formula is C17H27N3O. The summed E-state index contributed by atoms with van der Waals surface area (Å²) in [5.74, 6) is 0.0864. The summed E-state index contributed by atoms with van der Waals surface area (Å²) >= 11 is 0. The molecule has 1 heterocycles. The summed E-state index contributed by atoms with van der Waals surface area (Å²) in [6.07, 6.45) is 5.59. The van der Waals surface area contributed by atoms with E-state index in [-0.39, 0.29) is 5.91 Å². The molecule has 1 aliphatic rings. The largest absolute Gasteiger partial charge is 0.399 e. The molecule has 1 aliphatic heterocycles. The van der Waals surface area contributed by atoms with E-state index in [1.54, 1.807) is 0 Å². The van der Waals surface area contributed by atoms with Crippen molar-refractivity contribution in [2.45, 2.75) is 52.0 Å². The van der Waals surface area contributed by atoms with Crippen molar-refractivity contribution >= 4 is 17.3 Å². The molecule has 1 saturated heterocycles. The lowest BCUT2D eigenvalue weighted by Crippen LogP contribution is -2.40. The summed E-state index contributed by atoms with van der Waals surface area (Å²) in [5.41, 5.74) is 8.32. The van der Waals surface area contributed by atoms with Crippen molar-refractivity contribution in [1.29, 1.82) is 0 Å². The Morgan fingerprint density at radius 1 is 1.43 bits per heavy atom. The predicted octanol–water partition coefficient (Wildman–Crippen LogP) is 3.17. The van der Waals surface area contributed by atoms with Gasteiger partial charge in [-0.15, -0.1) is 0 Å². The van der Waals surface area contributed by atoms with Gasteiger partial charge in [-0.05, 0) is 56.5 Å². The third-order valence-electron chi connectivity index (χ3n) is 4.37. The minimum Gasteiger partial charge on any atom is -0.399 e. The maximum atomic E-state index is 12.1. The van der Waals surface area contributed by atoms with Crippen molar-refractivity contribution in [3.05, 3.63) is 23.8 Å². The topological polar surface area (TPSA) is 58.4 Å². The minimum atomic E-state index is 0.0864. The van der Waals surface area contributed by atoms with E-state index in [9.17, 15) is 4.79 Å². The molecular weight excluding hydrogens is 262 g/mol. The van der Waals surface area contributed by atoms with Gasteiger partial charge in [0.05, 0.1) is 0 Å². The van der Waals surface area contributed by atoms with Gasteiger partial charge in [0, 0.05) is 30.4 Å². The molecule has 1 fully saturated rings. The van der Waals surface area contributed by atoms with E-state index in [2.05, 4.69) is 17.1 Å². The number of amides is 1. The third kappa shape index (κ3) is 4.46. The highest BCUT2D eigenvalue weighted by atomic mass is 16.1. The maximum absolute atomic E-state index is 12.1. The number of nitrogens with zero attached hydrogens (tertiary/aromatic N) is 1. The average Bonchev–Trinajstić information content (AvgIpc) is 2.48. The lowest BCUT2D eigenvalue weighted by atomic mass is 10.00. The molecule has 4 heteroatoms. The van der Waals surface area contributed by atoms with Crippen LogP contribution in [0.1, 0.15) is 44.6 Å². The van der Waals surface area contributed by atoms with E-state index >= 15 is 0 Å². The number of nitrogens with one attached hydrogen (secondary N) is 1. The molecule has 0 aromatic heterocycles. The fourth-order valence-electron chi connectivity index (χ4n) is 3.10. The van der Waals surface area contributed by atoms with E-state index < -0.39 is 0 Å². The van der Waals surface area contributed by atoms with Crippen LogP contribution in [-0.4, -0.2) is 29.9 Å². The van der Waals surface area contributed by atoms with Gasteiger partial charge < -0.3 is 11.1 Å². The number of hydrogen-bond donors (Lipinski definition) is 2. The fourth-order valence-corrected chi connectivity index (χ4v) is 3.10. The molecule has 3 N–H and O–H groups in total. The molecule has 2 rings (SSSR count). The van der Waals surface area contributed by atoms with Crippen molar-refractivity contribution in [1.82, 2.24) is 4.90 Å². The lowest BCUT2D eigenvalue weighted by Gasteiger charge is -2.35. The van der Waals surface area contributed by atoms with Crippen LogP contribution in [0.2, 0.25) is 0 Å². The second-order valence-electron chi connectivity index (χ2n) is 5.97. The predicted molar refractivity (Wildman–Crippen MR) is 88.3 cm³/mol. The normalized spacial score (nSPS) is 19.4. The van der Waals surface area contributed by atoms with E-state index in [1.165, 1.54) is 25.7 Å². The molecule has 4 nitrogen and oxygen atoms in total. The first-order valence-electron chi connectivity index (χ1n) is 8.00. The Kier molecular flexibility index (Phi) is 5.62. The quantitative estimate of drug-likeness (QED) is 0.819. The molecule has 1 atom stereocenters. The molecule has 1 unspecified atom stereocenters. The molecule has 1 aromatic rings. The van der Waals surface area contributed by atoms with Crippen molar-refractivity contribution in [2.75, 3.05) is 24.1 Å². The maximum Gasteiger partial charge on any atom is 0.225 e. The van der Waals surface area contributed by atoms with Gasteiger partial charge in [-0.25, -0.2) is 0 Å². The van der Waals surface area contributed by atoms with Gasteiger partial charge >= 0.3 is 0 Å². The number of nitrogen functional groups attached to an aromatic ring is 1. The van der Waals surface area contributed by atoms with E-state index in [4.69, 9.17) is 5.73 Å². The monoisotopic (exact) mass is 289 g/mol. The summed E-state index contributed by atoms with van der Waals surface area (Å²) in [7, 11) is 0. The van der Waals surface area contributed by atoms with Gasteiger partial charge in [0.1, 0.15) is 0 Å². The van der Waals surface area contributed by atoms with Gasteiger partial charge in [-0.1, -0.05) is 13.3 Å². The van der Waals surface area contributed by atoms with Crippen molar-refractivity contribution < 1.29 is 4.79 Å². The third-order valence-corrected chi connectivity index (χ3v) is 4.37. The number of nitrogens with two attached hydrogens (primary N) is 1. The Bertz CT molecular complexity index is 487. The first-order chi connectivity index (χ1) is 10.1. The number of carbonyl (C=O) groups is 1. The number of anilines is 2. The number of likely N-dealkylation sites (tertiary alicyclic amines) is 1. The van der Waals surface area contributed by atoms with Crippen LogP contribution in [0.5, 0.6) is 0 Å². The van der Waals surface area contributed by atoms with E-state index in [0.717, 1.165) is 30.0 Å². The number of hydrogen-bond acceptors (Lipinski definition) is 3. The highest BCUT2D eigenvalue weighted by Gasteiger charge is 2.21. The zero-order valence-electron chi connectivity index (χ0n) is 13.2. The van der Waals surface area contributed by atoms with Crippen LogP contribution >= 0.6 is 0 Å². The highest BCUT2D eigenvalue weighted by Crippen LogP contribution is 2.20. The van der Waals surface area contributed by atoms with Crippen LogP contribution in [0.15, 0.2) is 18.2 Å². The van der Waals surface area contributed by atoms with Crippen LogP contribution in [-0.2, 0) is 4.79 Å². The lowest BCUT2D eigenvalue weighted by molar-refractivity contribution is -0.116. The molecule has 0 spiro atoms. The summed E-state index contributed by atoms with van der Waals surface area (Å²) in [5, 5.41) is 2.99. The molecule has 0 saturated carbocycles. The Labute approximate surface area is 127 Å². The Balaban J connectivity index is 1.84. The van der Waals surface area contributed by atoms with Crippen molar-refractivity contribution in [2.24, 2.45) is 0 Å². The first-order valence-corrected chi connectivity index (χ1v) is 8.00. The minimum absolute atomic E-state index is 0.0864. The number of benzene rings is 1. The molecule has 0 aliphatic carbocycles. The molecule has 0 radical (unpaired) electrons. The smallest absolute Gasteiger partial charge is 0.225 e. The zero-order valence-corrected chi connectivity index (χ0v) is 13.2. The summed E-state index contributed by atoms with van der Waals surface area (Å²) < 4.78 is 0. The summed E-state index contributed by atoms with van der Waals surface area (Å²) in [4.78, 5) is 14.6. The molecule has 21 heavy (non-hydrogen) atoms. The van der Waals surface area contributed by atoms with Gasteiger partial charge in [0.25, 0.3) is 0 Å². The van der Waals surface area contributed by atoms with Crippen LogP contribution in [0.25, 0.3) is 0 Å². The Morgan fingerprint density at radius 3 is 2.95 bits per heavy atom. The van der Waals surface area contributed by atoms with E-state index in [0.29, 0.717) is 12.5 Å². The standard InChI is InChI=1S/C17H27N3O/c1-3-15-6-4-5-10-20(15)11-9-17(21)19-16-8-7-14(18)12-13(16)2/h7-8,12,15H,3-6,9-11,18H2,1-2H3,(H,19,21). The number of piperidine rings is 1. The molecule has 0 bridgehead atoms. The number of carbonyl (C=O) groups excluding carboxylic acids is 1. The van der Waals surface area contributed by atoms with Crippen molar-refractivity contribution in [3.8, 4) is 0 Å². The Hall–Kier alpha value is -1.55. The summed E-state index contributed by atoms with van der Waals surface area (Å²) in [6, 6.07) is 6.23. The van der Waals surface area contributed by atoms with Crippen LogP contribution in [0.3, 0.4) is 0 Å². The second-order valence-corrected chi connectivity index (χ2v) is 5.97. The molecule has 1 amide bonds. The number of aryl methyl sites for hydroxylation is 1.